The zero-order valence-electron chi connectivity index (χ0n) is 11.7. The van der Waals surface area contributed by atoms with Crippen molar-refractivity contribution in [1.29, 1.82) is 0 Å². The van der Waals surface area contributed by atoms with Crippen molar-refractivity contribution in [3.63, 3.8) is 0 Å². The van der Waals surface area contributed by atoms with Gasteiger partial charge in [0.15, 0.2) is 0 Å². The summed E-state index contributed by atoms with van der Waals surface area (Å²) in [6.45, 7) is 1.91. The zero-order chi connectivity index (χ0) is 16.2. The fourth-order valence-corrected chi connectivity index (χ4v) is 3.49. The number of para-hydroxylation sites is 1. The van der Waals surface area contributed by atoms with E-state index in [0.717, 1.165) is 31.6 Å². The van der Waals surface area contributed by atoms with Crippen molar-refractivity contribution in [2.24, 2.45) is 5.92 Å². The predicted octanol–water partition coefficient (Wildman–Crippen LogP) is 1.86. The maximum Gasteiger partial charge on any atom is 0.573 e. The van der Waals surface area contributed by atoms with E-state index >= 15 is 0 Å². The first-order chi connectivity index (χ1) is 10.3. The van der Waals surface area contributed by atoms with Gasteiger partial charge in [-0.05, 0) is 44.0 Å². The van der Waals surface area contributed by atoms with Crippen LogP contribution in [-0.2, 0) is 10.0 Å². The second-order valence-electron chi connectivity index (χ2n) is 5.04. The SMILES string of the molecule is O=S(=O)(NCC[C@@H]1CCNC1)c1ccccc1OC(F)(F)F. The summed E-state index contributed by atoms with van der Waals surface area (Å²) in [7, 11) is -4.05. The van der Waals surface area contributed by atoms with E-state index in [1.165, 1.54) is 12.1 Å². The number of hydrogen-bond acceptors (Lipinski definition) is 4. The normalized spacial score (nSPS) is 19.3. The summed E-state index contributed by atoms with van der Waals surface area (Å²) >= 11 is 0. The molecule has 2 rings (SSSR count). The number of hydrogen-bond donors (Lipinski definition) is 2. The van der Waals surface area contributed by atoms with Gasteiger partial charge >= 0.3 is 6.36 Å². The largest absolute Gasteiger partial charge is 0.573 e. The molecule has 1 fully saturated rings. The predicted molar refractivity (Wildman–Crippen MR) is 73.9 cm³/mol. The Hall–Kier alpha value is -1.32. The van der Waals surface area contributed by atoms with Crippen LogP contribution in [0.3, 0.4) is 0 Å². The number of sulfonamides is 1. The van der Waals surface area contributed by atoms with Crippen LogP contribution < -0.4 is 14.8 Å². The van der Waals surface area contributed by atoms with E-state index in [0.29, 0.717) is 12.3 Å². The Morgan fingerprint density at radius 2 is 2.05 bits per heavy atom. The summed E-state index contributed by atoms with van der Waals surface area (Å²) in [6.07, 6.45) is -3.34. The highest BCUT2D eigenvalue weighted by atomic mass is 32.2. The smallest absolute Gasteiger partial charge is 0.404 e. The van der Waals surface area contributed by atoms with Crippen LogP contribution in [0.5, 0.6) is 5.75 Å². The molecule has 1 atom stereocenters. The van der Waals surface area contributed by atoms with Gasteiger partial charge in [0.25, 0.3) is 0 Å². The number of benzene rings is 1. The van der Waals surface area contributed by atoms with Gasteiger partial charge in [-0.1, -0.05) is 12.1 Å². The molecule has 1 aromatic carbocycles. The van der Waals surface area contributed by atoms with E-state index in [1.54, 1.807) is 0 Å². The lowest BCUT2D eigenvalue weighted by Gasteiger charge is -2.14. The minimum Gasteiger partial charge on any atom is -0.404 e. The third kappa shape index (κ3) is 4.85. The standard InChI is InChI=1S/C13H17F3N2O3S/c14-13(15,16)21-11-3-1-2-4-12(11)22(19,20)18-8-6-10-5-7-17-9-10/h1-4,10,17-18H,5-9H2/t10-/m0/s1. The van der Waals surface area contributed by atoms with E-state index in [1.807, 2.05) is 0 Å². The summed E-state index contributed by atoms with van der Waals surface area (Å²) in [5.74, 6) is -0.352. The van der Waals surface area contributed by atoms with Gasteiger partial charge in [-0.25, -0.2) is 13.1 Å². The lowest BCUT2D eigenvalue weighted by molar-refractivity contribution is -0.275. The Kier molecular flexibility index (Phi) is 5.30. The Bertz CT molecular complexity index is 599. The lowest BCUT2D eigenvalue weighted by atomic mass is 10.1. The fraction of sp³-hybridized carbons (Fsp3) is 0.538. The Labute approximate surface area is 126 Å². The molecule has 124 valence electrons. The molecule has 0 aliphatic carbocycles. The third-order valence-corrected chi connectivity index (χ3v) is 4.87. The Morgan fingerprint density at radius 3 is 2.68 bits per heavy atom. The number of rotatable bonds is 6. The summed E-state index contributed by atoms with van der Waals surface area (Å²) in [5.41, 5.74) is 0. The van der Waals surface area contributed by atoms with Crippen LogP contribution in [0.2, 0.25) is 0 Å². The molecule has 9 heteroatoms. The molecule has 0 saturated carbocycles. The van der Waals surface area contributed by atoms with Gasteiger partial charge in [-0.2, -0.15) is 0 Å². The third-order valence-electron chi connectivity index (χ3n) is 3.37. The van der Waals surface area contributed by atoms with Crippen molar-refractivity contribution in [3.05, 3.63) is 24.3 Å². The molecular weight excluding hydrogens is 321 g/mol. The quantitative estimate of drug-likeness (QED) is 0.831. The van der Waals surface area contributed by atoms with Crippen molar-refractivity contribution in [2.45, 2.75) is 24.1 Å². The Morgan fingerprint density at radius 1 is 1.32 bits per heavy atom. The zero-order valence-corrected chi connectivity index (χ0v) is 12.5. The average Bonchev–Trinajstić information content (AvgIpc) is 2.90. The highest BCUT2D eigenvalue weighted by molar-refractivity contribution is 7.89. The van der Waals surface area contributed by atoms with Crippen LogP contribution in [0.15, 0.2) is 29.2 Å². The maximum absolute atomic E-state index is 12.3. The molecule has 1 aliphatic heterocycles. The van der Waals surface area contributed by atoms with Crippen LogP contribution in [0.4, 0.5) is 13.2 Å². The molecule has 22 heavy (non-hydrogen) atoms. The molecule has 5 nitrogen and oxygen atoms in total. The number of ether oxygens (including phenoxy) is 1. The minimum absolute atomic E-state index is 0.176. The number of alkyl halides is 3. The molecular formula is C13H17F3N2O3S. The van der Waals surface area contributed by atoms with Gasteiger partial charge in [-0.15, -0.1) is 13.2 Å². The average molecular weight is 338 g/mol. The Balaban J connectivity index is 2.04. The molecule has 0 radical (unpaired) electrons. The van der Waals surface area contributed by atoms with Gasteiger partial charge in [0.05, 0.1) is 0 Å². The summed E-state index contributed by atoms with van der Waals surface area (Å²) in [6, 6.07) is 4.69. The van der Waals surface area contributed by atoms with Crippen LogP contribution in [0.25, 0.3) is 0 Å². The maximum atomic E-state index is 12.3. The molecule has 2 N–H and O–H groups in total. The monoisotopic (exact) mass is 338 g/mol. The van der Waals surface area contributed by atoms with Crippen molar-refractivity contribution < 1.29 is 26.3 Å². The van der Waals surface area contributed by atoms with Crippen molar-refractivity contribution >= 4 is 10.0 Å². The molecule has 0 unspecified atom stereocenters. The van der Waals surface area contributed by atoms with Gasteiger partial charge in [0, 0.05) is 6.54 Å². The molecule has 1 aliphatic rings. The van der Waals surface area contributed by atoms with E-state index in [4.69, 9.17) is 0 Å². The van der Waals surface area contributed by atoms with Gasteiger partial charge in [0.2, 0.25) is 10.0 Å². The van der Waals surface area contributed by atoms with Gasteiger partial charge in [-0.3, -0.25) is 0 Å². The van der Waals surface area contributed by atoms with Crippen LogP contribution in [0, 0.1) is 5.92 Å². The van der Waals surface area contributed by atoms with Gasteiger partial charge < -0.3 is 10.1 Å². The van der Waals surface area contributed by atoms with Crippen LogP contribution >= 0.6 is 0 Å². The molecule has 0 amide bonds. The van der Waals surface area contributed by atoms with E-state index < -0.39 is 27.0 Å². The van der Waals surface area contributed by atoms with Crippen LogP contribution in [0.1, 0.15) is 12.8 Å². The van der Waals surface area contributed by atoms with E-state index in [9.17, 15) is 21.6 Å². The molecule has 1 saturated heterocycles. The fourth-order valence-electron chi connectivity index (χ4n) is 2.32. The second-order valence-corrected chi connectivity index (χ2v) is 6.78. The molecule has 1 aromatic rings. The highest BCUT2D eigenvalue weighted by Gasteiger charge is 2.33. The van der Waals surface area contributed by atoms with Gasteiger partial charge in [0.1, 0.15) is 10.6 Å². The number of nitrogens with one attached hydrogen (secondary N) is 2. The van der Waals surface area contributed by atoms with E-state index in [2.05, 4.69) is 14.8 Å². The first kappa shape index (κ1) is 17.0. The molecule has 0 spiro atoms. The van der Waals surface area contributed by atoms with E-state index in [-0.39, 0.29) is 6.54 Å². The first-order valence-electron chi connectivity index (χ1n) is 6.83. The second kappa shape index (κ2) is 6.84. The molecule has 0 aromatic heterocycles. The first-order valence-corrected chi connectivity index (χ1v) is 8.31. The minimum atomic E-state index is -4.94. The molecule has 0 bridgehead atoms. The summed E-state index contributed by atoms with van der Waals surface area (Å²) in [5, 5.41) is 3.16. The van der Waals surface area contributed by atoms with Crippen LogP contribution in [-0.4, -0.2) is 34.4 Å². The number of halogens is 3. The van der Waals surface area contributed by atoms with Crippen molar-refractivity contribution in [1.82, 2.24) is 10.0 Å². The molecule has 1 heterocycles. The van der Waals surface area contributed by atoms with Crippen molar-refractivity contribution in [2.75, 3.05) is 19.6 Å². The summed E-state index contributed by atoms with van der Waals surface area (Å²) < 4.78 is 67.3. The lowest BCUT2D eigenvalue weighted by Crippen LogP contribution is -2.28. The highest BCUT2D eigenvalue weighted by Crippen LogP contribution is 2.29. The summed E-state index contributed by atoms with van der Waals surface area (Å²) in [4.78, 5) is -0.517. The van der Waals surface area contributed by atoms with Crippen molar-refractivity contribution in [3.8, 4) is 5.75 Å². The topological polar surface area (TPSA) is 67.4 Å².